The van der Waals surface area contributed by atoms with Crippen LogP contribution in [-0.2, 0) is 16.1 Å². The maximum Gasteiger partial charge on any atom is 0.319 e. The number of halogens is 1. The third kappa shape index (κ3) is 3.58. The van der Waals surface area contributed by atoms with Gasteiger partial charge in [0.05, 0.1) is 0 Å². The molecule has 0 aliphatic carbocycles. The Bertz CT molecular complexity index is 752. The summed E-state index contributed by atoms with van der Waals surface area (Å²) in [6, 6.07) is 3.93. The molecule has 9 heteroatoms. The minimum atomic E-state index is -0.652. The number of piperidine rings is 1. The van der Waals surface area contributed by atoms with Crippen LogP contribution in [0.3, 0.4) is 0 Å². The van der Waals surface area contributed by atoms with Crippen molar-refractivity contribution < 1.29 is 19.2 Å². The van der Waals surface area contributed by atoms with Gasteiger partial charge >= 0.3 is 6.03 Å². The predicted octanol–water partition coefficient (Wildman–Crippen LogP) is 0.808. The zero-order valence-electron chi connectivity index (χ0n) is 13.3. The highest BCUT2D eigenvalue weighted by Crippen LogP contribution is 2.29. The molecule has 0 bridgehead atoms. The number of rotatable bonds is 4. The van der Waals surface area contributed by atoms with E-state index in [1.54, 1.807) is 18.2 Å². The molecule has 1 saturated heterocycles. The van der Waals surface area contributed by atoms with Gasteiger partial charge in [-0.25, -0.2) is 4.79 Å². The number of amides is 5. The second-order valence-corrected chi connectivity index (χ2v) is 6.22. The Kier molecular flexibility index (Phi) is 4.89. The van der Waals surface area contributed by atoms with Gasteiger partial charge in [0.2, 0.25) is 11.8 Å². The largest absolute Gasteiger partial charge is 0.337 e. The Morgan fingerprint density at radius 2 is 2.12 bits per heavy atom. The van der Waals surface area contributed by atoms with Gasteiger partial charge in [0, 0.05) is 36.6 Å². The molecule has 1 aromatic carbocycles. The van der Waals surface area contributed by atoms with Crippen molar-refractivity contribution in [2.75, 3.05) is 17.7 Å². The van der Waals surface area contributed by atoms with E-state index in [4.69, 9.17) is 11.6 Å². The lowest BCUT2D eigenvalue weighted by atomic mass is 10.0. The van der Waals surface area contributed by atoms with Gasteiger partial charge in [-0.15, -0.1) is 11.6 Å². The highest BCUT2D eigenvalue weighted by molar-refractivity contribution is 6.18. The van der Waals surface area contributed by atoms with Crippen LogP contribution < -0.4 is 16.0 Å². The van der Waals surface area contributed by atoms with Gasteiger partial charge in [-0.1, -0.05) is 0 Å². The fourth-order valence-corrected chi connectivity index (χ4v) is 3.08. The number of imide groups is 1. The summed E-state index contributed by atoms with van der Waals surface area (Å²) in [5.74, 6) is -0.703. The number of urea groups is 1. The average Bonchev–Trinajstić information content (AvgIpc) is 2.89. The van der Waals surface area contributed by atoms with Crippen molar-refractivity contribution >= 4 is 41.0 Å². The summed E-state index contributed by atoms with van der Waals surface area (Å²) in [4.78, 5) is 49.0. The number of nitrogens with one attached hydrogen (secondary N) is 3. The normalized spacial score (nSPS) is 19.5. The maximum absolute atomic E-state index is 12.5. The minimum Gasteiger partial charge on any atom is -0.337 e. The predicted molar refractivity (Wildman–Crippen MR) is 90.2 cm³/mol. The number of alkyl halides is 1. The quantitative estimate of drug-likeness (QED) is 0.542. The first-order valence-corrected chi connectivity index (χ1v) is 8.41. The van der Waals surface area contributed by atoms with Crippen molar-refractivity contribution in [3.05, 3.63) is 29.3 Å². The van der Waals surface area contributed by atoms with E-state index in [2.05, 4.69) is 16.0 Å². The summed E-state index contributed by atoms with van der Waals surface area (Å²) < 4.78 is 0. The molecule has 0 spiro atoms. The lowest BCUT2D eigenvalue weighted by Gasteiger charge is -2.29. The van der Waals surface area contributed by atoms with E-state index in [0.29, 0.717) is 30.1 Å². The van der Waals surface area contributed by atoms with Crippen LogP contribution in [0, 0.1) is 0 Å². The van der Waals surface area contributed by atoms with E-state index in [1.807, 2.05) is 0 Å². The number of hydrogen-bond donors (Lipinski definition) is 3. The zero-order valence-corrected chi connectivity index (χ0v) is 14.1. The van der Waals surface area contributed by atoms with Gasteiger partial charge in [-0.2, -0.15) is 0 Å². The smallest absolute Gasteiger partial charge is 0.319 e. The molecule has 1 fully saturated rings. The molecule has 1 aromatic rings. The monoisotopic (exact) mass is 364 g/mol. The Hall–Kier alpha value is -2.61. The van der Waals surface area contributed by atoms with Crippen LogP contribution in [0.2, 0.25) is 0 Å². The Morgan fingerprint density at radius 1 is 1.32 bits per heavy atom. The van der Waals surface area contributed by atoms with Crippen molar-refractivity contribution in [1.82, 2.24) is 15.5 Å². The number of nitrogens with zero attached hydrogens (tertiary/aromatic N) is 1. The van der Waals surface area contributed by atoms with Gasteiger partial charge in [0.25, 0.3) is 5.91 Å². The van der Waals surface area contributed by atoms with E-state index in [-0.39, 0.29) is 30.8 Å². The molecule has 2 aliphatic rings. The molecule has 3 N–H and O–H groups in total. The standard InChI is InChI=1S/C16H17ClN4O4/c17-5-6-18-16(25)19-10-1-2-11-9(7-10)8-21(15(11)24)12-3-4-13(22)20-14(12)23/h1-2,7,12H,3-6,8H2,(H2,18,19,25)(H,20,22,23). The summed E-state index contributed by atoms with van der Waals surface area (Å²) in [7, 11) is 0. The maximum atomic E-state index is 12.5. The second kappa shape index (κ2) is 7.10. The number of anilines is 1. The van der Waals surface area contributed by atoms with Crippen LogP contribution in [0.5, 0.6) is 0 Å². The number of carbonyl (C=O) groups excluding carboxylic acids is 4. The molecule has 0 radical (unpaired) electrons. The lowest BCUT2D eigenvalue weighted by molar-refractivity contribution is -0.136. The van der Waals surface area contributed by atoms with Crippen molar-refractivity contribution in [3.8, 4) is 0 Å². The molecular weight excluding hydrogens is 348 g/mol. The van der Waals surface area contributed by atoms with Crippen LogP contribution in [0.1, 0.15) is 28.8 Å². The van der Waals surface area contributed by atoms with Gasteiger partial charge in [0.15, 0.2) is 0 Å². The average molecular weight is 365 g/mol. The molecular formula is C16H17ClN4O4. The first kappa shape index (κ1) is 17.2. The molecule has 1 unspecified atom stereocenters. The van der Waals surface area contributed by atoms with E-state index in [0.717, 1.165) is 5.56 Å². The summed E-state index contributed by atoms with van der Waals surface area (Å²) >= 11 is 5.51. The van der Waals surface area contributed by atoms with Crippen LogP contribution in [-0.4, -0.2) is 47.1 Å². The highest BCUT2D eigenvalue weighted by Gasteiger charge is 2.39. The SMILES string of the molecule is O=C1CCC(N2Cc3cc(NC(=O)NCCCl)ccc3C2=O)C(=O)N1. The first-order valence-electron chi connectivity index (χ1n) is 7.88. The summed E-state index contributed by atoms with van der Waals surface area (Å²) in [5, 5.41) is 7.51. The molecule has 0 saturated carbocycles. The first-order chi connectivity index (χ1) is 12.0. The van der Waals surface area contributed by atoms with Crippen molar-refractivity contribution in [3.63, 3.8) is 0 Å². The molecule has 25 heavy (non-hydrogen) atoms. The van der Waals surface area contributed by atoms with E-state index in [1.165, 1.54) is 4.90 Å². The summed E-state index contributed by atoms with van der Waals surface area (Å²) in [6.45, 7) is 0.610. The minimum absolute atomic E-state index is 0.212. The molecule has 3 rings (SSSR count). The van der Waals surface area contributed by atoms with E-state index >= 15 is 0 Å². The molecule has 2 heterocycles. The van der Waals surface area contributed by atoms with Gasteiger partial charge < -0.3 is 15.5 Å². The van der Waals surface area contributed by atoms with E-state index < -0.39 is 11.9 Å². The van der Waals surface area contributed by atoms with Crippen molar-refractivity contribution in [2.24, 2.45) is 0 Å². The Balaban J connectivity index is 1.72. The lowest BCUT2D eigenvalue weighted by Crippen LogP contribution is -2.52. The zero-order chi connectivity index (χ0) is 18.0. The summed E-state index contributed by atoms with van der Waals surface area (Å²) in [6.07, 6.45) is 0.528. The topological polar surface area (TPSA) is 108 Å². The van der Waals surface area contributed by atoms with Crippen LogP contribution in [0.15, 0.2) is 18.2 Å². The molecule has 132 valence electrons. The molecule has 5 amide bonds. The second-order valence-electron chi connectivity index (χ2n) is 5.84. The van der Waals surface area contributed by atoms with Crippen LogP contribution in [0.4, 0.5) is 10.5 Å². The highest BCUT2D eigenvalue weighted by atomic mass is 35.5. The molecule has 8 nitrogen and oxygen atoms in total. The van der Waals surface area contributed by atoms with Crippen molar-refractivity contribution in [2.45, 2.75) is 25.4 Å². The van der Waals surface area contributed by atoms with Gasteiger partial charge in [-0.05, 0) is 30.2 Å². The molecule has 0 aromatic heterocycles. The van der Waals surface area contributed by atoms with Crippen LogP contribution >= 0.6 is 11.6 Å². The van der Waals surface area contributed by atoms with Gasteiger partial charge in [0.1, 0.15) is 6.04 Å². The number of fused-ring (bicyclic) bond motifs is 1. The van der Waals surface area contributed by atoms with Crippen molar-refractivity contribution in [1.29, 1.82) is 0 Å². The Morgan fingerprint density at radius 3 is 2.84 bits per heavy atom. The summed E-state index contributed by atoms with van der Waals surface area (Å²) in [5.41, 5.74) is 1.77. The third-order valence-corrected chi connectivity index (χ3v) is 4.35. The fourth-order valence-electron chi connectivity index (χ4n) is 2.99. The number of benzene rings is 1. The Labute approximate surface area is 148 Å². The van der Waals surface area contributed by atoms with Crippen LogP contribution in [0.25, 0.3) is 0 Å². The molecule has 1 atom stereocenters. The molecule has 2 aliphatic heterocycles. The number of hydrogen-bond acceptors (Lipinski definition) is 4. The fraction of sp³-hybridized carbons (Fsp3) is 0.375. The third-order valence-electron chi connectivity index (χ3n) is 4.16. The van der Waals surface area contributed by atoms with E-state index in [9.17, 15) is 19.2 Å². The number of carbonyl (C=O) groups is 4. The van der Waals surface area contributed by atoms with Gasteiger partial charge in [-0.3, -0.25) is 19.7 Å².